The molecule has 1 fully saturated rings. The van der Waals surface area contributed by atoms with Gasteiger partial charge in [-0.1, -0.05) is 31.3 Å². The number of piperidine rings is 1. The number of hydrogen-bond acceptors (Lipinski definition) is 4. The largest absolute Gasteiger partial charge is 0.490 e. The summed E-state index contributed by atoms with van der Waals surface area (Å²) in [5.41, 5.74) is 6.73. The number of carbonyl (C=O) groups is 1. The molecule has 0 spiro atoms. The third kappa shape index (κ3) is 9.18. The van der Waals surface area contributed by atoms with Crippen LogP contribution in [0.15, 0.2) is 24.3 Å². The van der Waals surface area contributed by atoms with E-state index in [0.717, 1.165) is 62.9 Å². The van der Waals surface area contributed by atoms with Gasteiger partial charge >= 0.3 is 0 Å². The van der Waals surface area contributed by atoms with Gasteiger partial charge in [0.25, 0.3) is 0 Å². The van der Waals surface area contributed by atoms with Crippen LogP contribution < -0.4 is 21.1 Å². The topological polar surface area (TPSA) is 76.4 Å². The molecular weight excluding hydrogens is 358 g/mol. The number of unbranched alkanes of at least 4 members (excludes halogenated alkanes) is 1. The van der Waals surface area contributed by atoms with Gasteiger partial charge in [0, 0.05) is 18.5 Å². The monoisotopic (exact) mass is 391 g/mol. The van der Waals surface area contributed by atoms with Crippen LogP contribution >= 0.6 is 13.5 Å². The van der Waals surface area contributed by atoms with Crippen molar-refractivity contribution in [3.05, 3.63) is 29.8 Å². The highest BCUT2D eigenvalue weighted by Crippen LogP contribution is 2.17. The number of amides is 1. The highest BCUT2D eigenvalue weighted by atomic mass is 32.1. The van der Waals surface area contributed by atoms with Gasteiger partial charge in [-0.15, -0.1) is 0 Å². The SMILES string of the molecule is CCC[C@H](N)C(=O)NCCCC#Cc1cccc(OC2CCNCC2)c1.S. The average molecular weight is 392 g/mol. The number of carbonyl (C=O) groups excluding carboxylic acids is 1. The second-order valence-corrected chi connectivity index (χ2v) is 6.69. The van der Waals surface area contributed by atoms with Crippen LogP contribution in [0.25, 0.3) is 0 Å². The Labute approximate surface area is 170 Å². The van der Waals surface area contributed by atoms with Gasteiger partial charge in [0.1, 0.15) is 11.9 Å². The van der Waals surface area contributed by atoms with Crippen LogP contribution in [0.1, 0.15) is 51.0 Å². The Morgan fingerprint density at radius 1 is 1.41 bits per heavy atom. The van der Waals surface area contributed by atoms with Crippen LogP contribution in [0.3, 0.4) is 0 Å². The number of nitrogens with one attached hydrogen (secondary N) is 2. The van der Waals surface area contributed by atoms with Crippen molar-refractivity contribution in [2.75, 3.05) is 19.6 Å². The lowest BCUT2D eigenvalue weighted by atomic mass is 10.1. The summed E-state index contributed by atoms with van der Waals surface area (Å²) in [5.74, 6) is 7.16. The van der Waals surface area contributed by atoms with Crippen molar-refractivity contribution >= 4 is 19.4 Å². The summed E-state index contributed by atoms with van der Waals surface area (Å²) in [6, 6.07) is 7.57. The Bertz CT molecular complexity index is 621. The van der Waals surface area contributed by atoms with E-state index in [1.165, 1.54) is 0 Å². The molecular formula is C21H33N3O2S. The van der Waals surface area contributed by atoms with Gasteiger partial charge in [0.2, 0.25) is 5.91 Å². The summed E-state index contributed by atoms with van der Waals surface area (Å²) >= 11 is 0. The van der Waals surface area contributed by atoms with E-state index in [0.29, 0.717) is 12.6 Å². The summed E-state index contributed by atoms with van der Waals surface area (Å²) in [5, 5.41) is 6.20. The molecule has 6 heteroatoms. The molecule has 0 bridgehead atoms. The molecule has 150 valence electrons. The van der Waals surface area contributed by atoms with E-state index >= 15 is 0 Å². The van der Waals surface area contributed by atoms with Gasteiger partial charge in [0.15, 0.2) is 0 Å². The summed E-state index contributed by atoms with van der Waals surface area (Å²) in [6.07, 6.45) is 5.59. The van der Waals surface area contributed by atoms with Gasteiger partial charge in [-0.3, -0.25) is 4.79 Å². The lowest BCUT2D eigenvalue weighted by Crippen LogP contribution is -2.40. The minimum absolute atomic E-state index is 0. The maximum absolute atomic E-state index is 11.7. The van der Waals surface area contributed by atoms with Gasteiger partial charge in [0.05, 0.1) is 6.04 Å². The first-order valence-corrected chi connectivity index (χ1v) is 9.68. The lowest BCUT2D eigenvalue weighted by Gasteiger charge is -2.23. The van der Waals surface area contributed by atoms with Crippen molar-refractivity contribution < 1.29 is 9.53 Å². The standard InChI is InChI=1S/C21H31N3O2.H2S/c1-2-7-20(22)21(25)24-13-5-3-4-8-17-9-6-10-19(16-17)26-18-11-14-23-15-12-18;/h6,9-10,16,18,20,23H,2-3,5,7,11-15,22H2,1H3,(H,24,25);1H2/t20-;/m0./s1. The molecule has 0 unspecified atom stereocenters. The molecule has 1 atom stereocenters. The number of rotatable bonds is 8. The molecule has 0 radical (unpaired) electrons. The second kappa shape index (κ2) is 13.5. The third-order valence-corrected chi connectivity index (χ3v) is 4.37. The third-order valence-electron chi connectivity index (χ3n) is 4.37. The van der Waals surface area contributed by atoms with E-state index in [9.17, 15) is 4.79 Å². The fourth-order valence-corrected chi connectivity index (χ4v) is 2.88. The molecule has 1 aliphatic heterocycles. The van der Waals surface area contributed by atoms with Crippen LogP contribution in [-0.2, 0) is 4.79 Å². The number of benzene rings is 1. The van der Waals surface area contributed by atoms with Gasteiger partial charge in [-0.25, -0.2) is 0 Å². The van der Waals surface area contributed by atoms with Crippen molar-refractivity contribution in [2.45, 2.75) is 57.6 Å². The highest BCUT2D eigenvalue weighted by Gasteiger charge is 2.14. The van der Waals surface area contributed by atoms with Crippen LogP contribution in [0.5, 0.6) is 5.75 Å². The fraction of sp³-hybridized carbons (Fsp3) is 0.571. The Hall–Kier alpha value is -1.68. The van der Waals surface area contributed by atoms with E-state index < -0.39 is 6.04 Å². The van der Waals surface area contributed by atoms with E-state index in [2.05, 4.69) is 22.5 Å². The molecule has 1 saturated heterocycles. The average Bonchev–Trinajstić information content (AvgIpc) is 2.65. The van der Waals surface area contributed by atoms with Crippen molar-refractivity contribution in [2.24, 2.45) is 5.73 Å². The van der Waals surface area contributed by atoms with E-state index in [-0.39, 0.29) is 19.4 Å². The first-order valence-electron chi connectivity index (χ1n) is 9.68. The Morgan fingerprint density at radius 2 is 2.19 bits per heavy atom. The lowest BCUT2D eigenvalue weighted by molar-refractivity contribution is -0.122. The van der Waals surface area contributed by atoms with Gasteiger partial charge in [-0.2, -0.15) is 13.5 Å². The van der Waals surface area contributed by atoms with Crippen LogP contribution in [-0.4, -0.2) is 37.7 Å². The molecule has 27 heavy (non-hydrogen) atoms. The first-order chi connectivity index (χ1) is 12.7. The molecule has 0 saturated carbocycles. The van der Waals surface area contributed by atoms with Crippen molar-refractivity contribution in [1.29, 1.82) is 0 Å². The zero-order chi connectivity index (χ0) is 18.6. The minimum Gasteiger partial charge on any atom is -0.490 e. The quantitative estimate of drug-likeness (QED) is 0.469. The summed E-state index contributed by atoms with van der Waals surface area (Å²) in [6.45, 7) is 4.67. The minimum atomic E-state index is -0.395. The molecule has 1 aliphatic rings. The number of hydrogen-bond donors (Lipinski definition) is 3. The first kappa shape index (κ1) is 23.4. The van der Waals surface area contributed by atoms with Crippen LogP contribution in [0.2, 0.25) is 0 Å². The zero-order valence-corrected chi connectivity index (χ0v) is 17.2. The molecule has 1 aromatic rings. The molecule has 0 aliphatic carbocycles. The summed E-state index contributed by atoms with van der Waals surface area (Å²) < 4.78 is 6.04. The normalized spacial score (nSPS) is 15.0. The fourth-order valence-electron chi connectivity index (χ4n) is 2.88. The Balaban J connectivity index is 0.00000364. The zero-order valence-electron chi connectivity index (χ0n) is 16.2. The maximum Gasteiger partial charge on any atom is 0.236 e. The molecule has 5 nitrogen and oxygen atoms in total. The van der Waals surface area contributed by atoms with E-state index in [1.54, 1.807) is 0 Å². The predicted molar refractivity (Wildman–Crippen MR) is 115 cm³/mol. The molecule has 1 amide bonds. The summed E-state index contributed by atoms with van der Waals surface area (Å²) in [7, 11) is 0. The van der Waals surface area contributed by atoms with Gasteiger partial charge < -0.3 is 21.1 Å². The van der Waals surface area contributed by atoms with E-state index in [4.69, 9.17) is 10.5 Å². The summed E-state index contributed by atoms with van der Waals surface area (Å²) in [4.78, 5) is 11.7. The molecule has 1 heterocycles. The van der Waals surface area contributed by atoms with Crippen molar-refractivity contribution in [3.63, 3.8) is 0 Å². The van der Waals surface area contributed by atoms with Crippen LogP contribution in [0.4, 0.5) is 0 Å². The smallest absolute Gasteiger partial charge is 0.236 e. The molecule has 0 aromatic heterocycles. The maximum atomic E-state index is 11.7. The van der Waals surface area contributed by atoms with Gasteiger partial charge in [-0.05, 0) is 57.0 Å². The predicted octanol–water partition coefficient (Wildman–Crippen LogP) is 2.31. The Morgan fingerprint density at radius 3 is 2.93 bits per heavy atom. The molecule has 4 N–H and O–H groups in total. The number of ether oxygens (including phenoxy) is 1. The highest BCUT2D eigenvalue weighted by molar-refractivity contribution is 7.59. The molecule has 1 aromatic carbocycles. The second-order valence-electron chi connectivity index (χ2n) is 6.69. The van der Waals surface area contributed by atoms with Crippen molar-refractivity contribution in [3.8, 4) is 17.6 Å². The van der Waals surface area contributed by atoms with Crippen LogP contribution in [0, 0.1) is 11.8 Å². The molecule has 2 rings (SSSR count). The Kier molecular flexibility index (Phi) is 11.7. The number of nitrogens with two attached hydrogens (primary N) is 1. The van der Waals surface area contributed by atoms with Crippen molar-refractivity contribution in [1.82, 2.24) is 10.6 Å². The van der Waals surface area contributed by atoms with E-state index in [1.807, 2.05) is 31.2 Å².